The van der Waals surface area contributed by atoms with Crippen LogP contribution in [0.4, 0.5) is 0 Å². The van der Waals surface area contributed by atoms with Crippen molar-refractivity contribution in [3.05, 3.63) is 88.5 Å². The molecule has 2 aliphatic carbocycles. The zero-order valence-electron chi connectivity index (χ0n) is 22.3. The van der Waals surface area contributed by atoms with Gasteiger partial charge in [-0.15, -0.1) is 0 Å². The van der Waals surface area contributed by atoms with Crippen LogP contribution in [0.15, 0.2) is 55.1 Å². The van der Waals surface area contributed by atoms with Gasteiger partial charge in [-0.2, -0.15) is 0 Å². The maximum atomic E-state index is 4.20. The Balaban J connectivity index is 0.000000277. The van der Waals surface area contributed by atoms with E-state index in [-0.39, 0.29) is 0 Å². The summed E-state index contributed by atoms with van der Waals surface area (Å²) in [5, 5.41) is 0. The molecule has 0 N–H and O–H groups in total. The first-order chi connectivity index (χ1) is 15.4. The van der Waals surface area contributed by atoms with Crippen LogP contribution in [0.3, 0.4) is 0 Å². The van der Waals surface area contributed by atoms with E-state index in [2.05, 4.69) is 77.3 Å². The van der Waals surface area contributed by atoms with E-state index < -0.39 is 0 Å². The highest BCUT2D eigenvalue weighted by atomic mass is 14.2. The molecule has 176 valence electrons. The molecular weight excluding hydrogens is 384 g/mol. The van der Waals surface area contributed by atoms with E-state index in [9.17, 15) is 0 Å². The van der Waals surface area contributed by atoms with Crippen LogP contribution in [-0.2, 0) is 19.3 Å². The van der Waals surface area contributed by atoms with Gasteiger partial charge >= 0.3 is 0 Å². The first-order valence-corrected chi connectivity index (χ1v) is 13.0. The molecule has 2 aromatic carbocycles. The van der Waals surface area contributed by atoms with Crippen LogP contribution < -0.4 is 0 Å². The van der Waals surface area contributed by atoms with Gasteiger partial charge in [0.15, 0.2) is 0 Å². The van der Waals surface area contributed by atoms with Gasteiger partial charge in [0, 0.05) is 0 Å². The molecule has 0 atom stereocenters. The molecule has 0 heterocycles. The Bertz CT molecular complexity index is 864. The van der Waals surface area contributed by atoms with Gasteiger partial charge in [0.25, 0.3) is 0 Å². The molecule has 0 heteroatoms. The molecule has 32 heavy (non-hydrogen) atoms. The fourth-order valence-corrected chi connectivity index (χ4v) is 4.65. The van der Waals surface area contributed by atoms with Gasteiger partial charge in [0.1, 0.15) is 0 Å². The zero-order valence-corrected chi connectivity index (χ0v) is 22.3. The predicted octanol–water partition coefficient (Wildman–Crippen LogP) is 10.1. The van der Waals surface area contributed by atoms with Crippen molar-refractivity contribution >= 4 is 5.57 Å². The number of fused-ring (bicyclic) bond motifs is 2. The first-order valence-electron chi connectivity index (χ1n) is 13.0. The molecule has 0 fully saturated rings. The predicted molar refractivity (Wildman–Crippen MR) is 147 cm³/mol. The Morgan fingerprint density at radius 2 is 1.22 bits per heavy atom. The lowest BCUT2D eigenvalue weighted by molar-refractivity contribution is 0.789. The molecule has 0 amide bonds. The molecule has 0 bridgehead atoms. The number of aryl methyl sites for hydroxylation is 2. The highest BCUT2D eigenvalue weighted by Gasteiger charge is 2.17. The summed E-state index contributed by atoms with van der Waals surface area (Å²) in [4.78, 5) is 0. The Kier molecular flexibility index (Phi) is 12.4. The van der Waals surface area contributed by atoms with Crippen molar-refractivity contribution in [1.82, 2.24) is 0 Å². The van der Waals surface area contributed by atoms with E-state index in [1.54, 1.807) is 11.1 Å². The van der Waals surface area contributed by atoms with Crippen molar-refractivity contribution < 1.29 is 0 Å². The van der Waals surface area contributed by atoms with Crippen molar-refractivity contribution in [1.29, 1.82) is 0 Å². The molecule has 0 radical (unpaired) electrons. The molecule has 0 aromatic heterocycles. The summed E-state index contributed by atoms with van der Waals surface area (Å²) in [6, 6.07) is 13.4. The Morgan fingerprint density at radius 3 is 1.81 bits per heavy atom. The zero-order chi connectivity index (χ0) is 24.3. The lowest BCUT2D eigenvalue weighted by atomic mass is 9.82. The van der Waals surface area contributed by atoms with E-state index in [1.165, 1.54) is 65.5 Å². The quantitative estimate of drug-likeness (QED) is 0.414. The molecule has 0 aliphatic heterocycles. The second-order valence-electron chi connectivity index (χ2n) is 9.06. The molecule has 0 nitrogen and oxygen atoms in total. The van der Waals surface area contributed by atoms with Gasteiger partial charge in [0.05, 0.1) is 0 Å². The van der Waals surface area contributed by atoms with Crippen molar-refractivity contribution in [2.45, 2.75) is 106 Å². The van der Waals surface area contributed by atoms with Crippen LogP contribution in [0.2, 0.25) is 0 Å². The van der Waals surface area contributed by atoms with Crippen molar-refractivity contribution in [3.63, 3.8) is 0 Å². The van der Waals surface area contributed by atoms with E-state index in [1.807, 2.05) is 27.7 Å². The van der Waals surface area contributed by atoms with Gasteiger partial charge in [-0.05, 0) is 89.3 Å². The minimum atomic E-state index is 0.611. The second kappa shape index (κ2) is 14.1. The minimum absolute atomic E-state index is 0.611. The van der Waals surface area contributed by atoms with Crippen LogP contribution >= 0.6 is 0 Å². The molecule has 4 rings (SSSR count). The standard InChI is InChI=1S/2C14H18.2C2H6/c1-10(2)13-9-5-8-12-7-4-6-11(3)14(12)13;1-10(2)13-6-4-5-12-8-7-11(3)9-14(12)13;2*1-2/h5,8-10H,3-4,6-7H2,1-2H3;4-6,10H,3,7-9H2,1-2H3;2*1-2H3. The smallest absolute Gasteiger partial charge is 0.00641 e. The van der Waals surface area contributed by atoms with E-state index in [4.69, 9.17) is 0 Å². The van der Waals surface area contributed by atoms with Gasteiger partial charge in [-0.1, -0.05) is 111 Å². The number of allylic oxidation sites excluding steroid dienone is 2. The summed E-state index contributed by atoms with van der Waals surface area (Å²) in [6.07, 6.45) is 7.14. The second-order valence-corrected chi connectivity index (χ2v) is 9.06. The summed E-state index contributed by atoms with van der Waals surface area (Å²) in [5.41, 5.74) is 11.8. The molecular formula is C32H48. The van der Waals surface area contributed by atoms with Crippen LogP contribution in [0.5, 0.6) is 0 Å². The largest absolute Gasteiger partial charge is 0.0995 e. The van der Waals surface area contributed by atoms with Gasteiger partial charge in [-0.3, -0.25) is 0 Å². The average Bonchev–Trinajstić information content (AvgIpc) is 2.81. The Hall–Kier alpha value is -2.08. The summed E-state index contributed by atoms with van der Waals surface area (Å²) < 4.78 is 0. The molecule has 0 saturated heterocycles. The SMILES string of the molecule is C=C1CCCc2cccc(C(C)C)c21.C=C1CCc2cccc(C(C)C)c2C1.CC.CC. The molecule has 0 saturated carbocycles. The number of rotatable bonds is 2. The van der Waals surface area contributed by atoms with E-state index >= 15 is 0 Å². The Labute approximate surface area is 199 Å². The van der Waals surface area contributed by atoms with Crippen LogP contribution in [0.25, 0.3) is 5.57 Å². The number of hydrogen-bond acceptors (Lipinski definition) is 0. The monoisotopic (exact) mass is 432 g/mol. The van der Waals surface area contributed by atoms with Gasteiger partial charge in [-0.25, -0.2) is 0 Å². The van der Waals surface area contributed by atoms with Crippen LogP contribution in [-0.4, -0.2) is 0 Å². The van der Waals surface area contributed by atoms with Crippen LogP contribution in [0, 0.1) is 0 Å². The summed E-state index contributed by atoms with van der Waals surface area (Å²) in [6.45, 7) is 25.4. The summed E-state index contributed by atoms with van der Waals surface area (Å²) >= 11 is 0. The van der Waals surface area contributed by atoms with E-state index in [0.717, 1.165) is 6.42 Å². The summed E-state index contributed by atoms with van der Waals surface area (Å²) in [5.74, 6) is 1.25. The third kappa shape index (κ3) is 7.22. The normalized spacial score (nSPS) is 14.2. The van der Waals surface area contributed by atoms with Crippen molar-refractivity contribution in [2.24, 2.45) is 0 Å². The topological polar surface area (TPSA) is 0 Å². The lowest BCUT2D eigenvalue weighted by Crippen LogP contribution is -2.08. The van der Waals surface area contributed by atoms with Gasteiger partial charge in [0.2, 0.25) is 0 Å². The summed E-state index contributed by atoms with van der Waals surface area (Å²) in [7, 11) is 0. The highest BCUT2D eigenvalue weighted by molar-refractivity contribution is 5.71. The number of hydrogen-bond donors (Lipinski definition) is 0. The van der Waals surface area contributed by atoms with E-state index in [0.29, 0.717) is 11.8 Å². The Morgan fingerprint density at radius 1 is 0.656 bits per heavy atom. The molecule has 0 unspecified atom stereocenters. The maximum absolute atomic E-state index is 4.20. The molecule has 2 aliphatic rings. The third-order valence-corrected chi connectivity index (χ3v) is 6.19. The number of benzene rings is 2. The highest BCUT2D eigenvalue weighted by Crippen LogP contribution is 2.35. The average molecular weight is 433 g/mol. The maximum Gasteiger partial charge on any atom is -0.00641 e. The lowest BCUT2D eigenvalue weighted by Gasteiger charge is -2.23. The van der Waals surface area contributed by atoms with Crippen molar-refractivity contribution in [3.8, 4) is 0 Å². The minimum Gasteiger partial charge on any atom is -0.0995 e. The third-order valence-electron chi connectivity index (χ3n) is 6.19. The first kappa shape index (κ1) is 28.0. The molecule has 0 spiro atoms. The van der Waals surface area contributed by atoms with Crippen molar-refractivity contribution in [2.75, 3.05) is 0 Å². The van der Waals surface area contributed by atoms with Crippen LogP contribution in [0.1, 0.15) is 120 Å². The molecule has 2 aromatic rings. The fraction of sp³-hybridized carbons (Fsp3) is 0.500. The van der Waals surface area contributed by atoms with Gasteiger partial charge < -0.3 is 0 Å². The fourth-order valence-electron chi connectivity index (χ4n) is 4.65.